The average Bonchev–Trinajstić information content (AvgIpc) is 2.11. The van der Waals surface area contributed by atoms with Crippen LogP contribution in [0.4, 0.5) is 13.2 Å². The molecule has 16 heavy (non-hydrogen) atoms. The van der Waals surface area contributed by atoms with E-state index in [1.807, 2.05) is 0 Å². The van der Waals surface area contributed by atoms with Crippen LogP contribution in [0.1, 0.15) is 18.0 Å². The Morgan fingerprint density at radius 2 is 1.81 bits per heavy atom. The van der Waals surface area contributed by atoms with E-state index in [0.717, 1.165) is 0 Å². The van der Waals surface area contributed by atoms with Crippen molar-refractivity contribution in [3.8, 4) is 0 Å². The van der Waals surface area contributed by atoms with Crippen LogP contribution >= 0.6 is 12.4 Å². The highest BCUT2D eigenvalue weighted by molar-refractivity contribution is 5.85. The van der Waals surface area contributed by atoms with Crippen molar-refractivity contribution in [2.24, 2.45) is 5.73 Å². The van der Waals surface area contributed by atoms with Crippen LogP contribution in [0.25, 0.3) is 0 Å². The smallest absolute Gasteiger partial charge is 0.305 e. The molecule has 0 heterocycles. The largest absolute Gasteiger partial charge is 0.481 e. The first-order chi connectivity index (χ1) is 6.93. The molecule has 1 aromatic carbocycles. The van der Waals surface area contributed by atoms with Gasteiger partial charge >= 0.3 is 5.97 Å². The summed E-state index contributed by atoms with van der Waals surface area (Å²) in [7, 11) is 0. The van der Waals surface area contributed by atoms with Crippen molar-refractivity contribution in [3.63, 3.8) is 0 Å². The van der Waals surface area contributed by atoms with Gasteiger partial charge in [-0.1, -0.05) is 0 Å². The Bertz CT molecular complexity index is 401. The van der Waals surface area contributed by atoms with Crippen LogP contribution in [0.15, 0.2) is 12.1 Å². The van der Waals surface area contributed by atoms with Gasteiger partial charge in [0.1, 0.15) is 5.82 Å². The number of hydrogen-bond acceptors (Lipinski definition) is 2. The molecule has 0 bridgehead atoms. The lowest BCUT2D eigenvalue weighted by Gasteiger charge is -2.11. The maximum absolute atomic E-state index is 13.1. The summed E-state index contributed by atoms with van der Waals surface area (Å²) in [6, 6.07) is -0.0879. The number of nitrogens with two attached hydrogens (primary N) is 1. The predicted molar refractivity (Wildman–Crippen MR) is 52.7 cm³/mol. The number of carboxylic acid groups (broad SMARTS) is 1. The molecule has 0 radical (unpaired) electrons. The van der Waals surface area contributed by atoms with Gasteiger partial charge in [0.15, 0.2) is 11.6 Å². The molecule has 3 nitrogen and oxygen atoms in total. The lowest BCUT2D eigenvalue weighted by molar-refractivity contribution is -0.137. The fourth-order valence-electron chi connectivity index (χ4n) is 1.17. The van der Waals surface area contributed by atoms with Gasteiger partial charge in [-0.05, 0) is 12.1 Å². The minimum Gasteiger partial charge on any atom is -0.481 e. The Morgan fingerprint density at radius 1 is 1.31 bits per heavy atom. The number of aliphatic carboxylic acids is 1. The van der Waals surface area contributed by atoms with Crippen LogP contribution in [0, 0.1) is 17.5 Å². The summed E-state index contributed by atoms with van der Waals surface area (Å²) < 4.78 is 38.8. The molecule has 0 aliphatic rings. The first-order valence-electron chi connectivity index (χ1n) is 4.04. The lowest BCUT2D eigenvalue weighted by atomic mass is 10.0. The van der Waals surface area contributed by atoms with Gasteiger partial charge in [-0.2, -0.15) is 0 Å². The van der Waals surface area contributed by atoms with Crippen LogP contribution in [-0.2, 0) is 4.79 Å². The van der Waals surface area contributed by atoms with Crippen LogP contribution < -0.4 is 5.73 Å². The summed E-state index contributed by atoms with van der Waals surface area (Å²) in [6.07, 6.45) is -0.669. The molecule has 0 saturated carbocycles. The maximum Gasteiger partial charge on any atom is 0.305 e. The van der Waals surface area contributed by atoms with Gasteiger partial charge < -0.3 is 10.8 Å². The van der Waals surface area contributed by atoms with E-state index in [0.29, 0.717) is 12.1 Å². The molecule has 0 saturated heterocycles. The van der Waals surface area contributed by atoms with Gasteiger partial charge in [0, 0.05) is 11.6 Å². The lowest BCUT2D eigenvalue weighted by Crippen LogP contribution is -2.18. The summed E-state index contributed by atoms with van der Waals surface area (Å²) >= 11 is 0. The summed E-state index contributed by atoms with van der Waals surface area (Å²) in [5.74, 6) is -5.07. The Balaban J connectivity index is 0.00000225. The average molecular weight is 256 g/mol. The van der Waals surface area contributed by atoms with E-state index in [1.165, 1.54) is 0 Å². The Labute approximate surface area is 95.5 Å². The summed E-state index contributed by atoms with van der Waals surface area (Å²) in [6.45, 7) is 0. The summed E-state index contributed by atoms with van der Waals surface area (Å²) in [4.78, 5) is 10.3. The monoisotopic (exact) mass is 255 g/mol. The molecule has 0 spiro atoms. The molecule has 0 unspecified atom stereocenters. The number of rotatable bonds is 3. The van der Waals surface area contributed by atoms with E-state index in [2.05, 4.69) is 0 Å². The molecule has 0 aromatic heterocycles. The highest BCUT2D eigenvalue weighted by Gasteiger charge is 2.21. The number of hydrogen-bond donors (Lipinski definition) is 2. The standard InChI is InChI=1S/C9H8F3NO2.ClH/c10-4-1-2-5(11)9(12)8(4)6(13)3-7(14)15;/h1-2,6H,3,13H2,(H,14,15);1H/t6-;/m1./s1. The van der Waals surface area contributed by atoms with Crippen LogP contribution in [0.5, 0.6) is 0 Å². The van der Waals surface area contributed by atoms with Crippen molar-refractivity contribution in [2.75, 3.05) is 0 Å². The highest BCUT2D eigenvalue weighted by Crippen LogP contribution is 2.23. The summed E-state index contributed by atoms with van der Waals surface area (Å²) in [5, 5.41) is 8.38. The number of halogens is 4. The van der Waals surface area contributed by atoms with Crippen LogP contribution in [0.3, 0.4) is 0 Å². The van der Waals surface area contributed by atoms with Gasteiger partial charge in [0.25, 0.3) is 0 Å². The topological polar surface area (TPSA) is 63.3 Å². The molecular weight excluding hydrogens is 247 g/mol. The van der Waals surface area contributed by atoms with Crippen molar-refractivity contribution in [1.29, 1.82) is 0 Å². The van der Waals surface area contributed by atoms with E-state index in [-0.39, 0.29) is 12.4 Å². The minimum atomic E-state index is -1.44. The second-order valence-electron chi connectivity index (χ2n) is 2.96. The zero-order chi connectivity index (χ0) is 11.6. The first-order valence-corrected chi connectivity index (χ1v) is 4.04. The van der Waals surface area contributed by atoms with E-state index in [4.69, 9.17) is 10.8 Å². The highest BCUT2D eigenvalue weighted by atomic mass is 35.5. The molecule has 0 aliphatic carbocycles. The van der Waals surface area contributed by atoms with E-state index < -0.39 is 41.4 Å². The maximum atomic E-state index is 13.1. The van der Waals surface area contributed by atoms with E-state index >= 15 is 0 Å². The normalized spacial score (nSPS) is 11.8. The first kappa shape index (κ1) is 14.7. The fourth-order valence-corrected chi connectivity index (χ4v) is 1.17. The van der Waals surface area contributed by atoms with Crippen molar-refractivity contribution in [1.82, 2.24) is 0 Å². The molecule has 1 atom stereocenters. The third kappa shape index (κ3) is 3.11. The number of carboxylic acids is 1. The van der Waals surface area contributed by atoms with Gasteiger partial charge in [0.2, 0.25) is 0 Å². The fraction of sp³-hybridized carbons (Fsp3) is 0.222. The van der Waals surface area contributed by atoms with Gasteiger partial charge in [0.05, 0.1) is 6.42 Å². The molecule has 7 heteroatoms. The second-order valence-corrected chi connectivity index (χ2v) is 2.96. The number of benzene rings is 1. The van der Waals surface area contributed by atoms with Crippen molar-refractivity contribution < 1.29 is 23.1 Å². The van der Waals surface area contributed by atoms with Crippen LogP contribution in [0.2, 0.25) is 0 Å². The number of carbonyl (C=O) groups is 1. The van der Waals surface area contributed by atoms with E-state index in [9.17, 15) is 18.0 Å². The predicted octanol–water partition coefficient (Wildman–Crippen LogP) is 2.00. The van der Waals surface area contributed by atoms with Gasteiger partial charge in [-0.15, -0.1) is 12.4 Å². The molecule has 1 rings (SSSR count). The molecule has 3 N–H and O–H groups in total. The van der Waals surface area contributed by atoms with Gasteiger partial charge in [-0.25, -0.2) is 13.2 Å². The zero-order valence-electron chi connectivity index (χ0n) is 7.91. The minimum absolute atomic E-state index is 0. The quantitative estimate of drug-likeness (QED) is 0.812. The van der Waals surface area contributed by atoms with Crippen LogP contribution in [-0.4, -0.2) is 11.1 Å². The van der Waals surface area contributed by atoms with Gasteiger partial charge in [-0.3, -0.25) is 4.79 Å². The van der Waals surface area contributed by atoms with Crippen molar-refractivity contribution in [3.05, 3.63) is 35.1 Å². The second kappa shape index (κ2) is 5.72. The van der Waals surface area contributed by atoms with E-state index in [1.54, 1.807) is 0 Å². The SMILES string of the molecule is Cl.N[C@H](CC(=O)O)c1c(F)ccc(F)c1F. The third-order valence-electron chi connectivity index (χ3n) is 1.84. The molecule has 90 valence electrons. The zero-order valence-corrected chi connectivity index (χ0v) is 8.73. The van der Waals surface area contributed by atoms with Crippen molar-refractivity contribution >= 4 is 18.4 Å². The molecular formula is C9H9ClF3NO2. The third-order valence-corrected chi connectivity index (χ3v) is 1.84. The summed E-state index contributed by atoms with van der Waals surface area (Å²) in [5.41, 5.74) is 4.50. The molecule has 0 amide bonds. The Hall–Kier alpha value is -1.27. The molecule has 0 aliphatic heterocycles. The Morgan fingerprint density at radius 3 is 2.31 bits per heavy atom. The van der Waals surface area contributed by atoms with Crippen molar-refractivity contribution in [2.45, 2.75) is 12.5 Å². The Kier molecular flexibility index (Phi) is 5.26. The molecule has 1 aromatic rings. The molecule has 0 fully saturated rings.